The fourth-order valence-electron chi connectivity index (χ4n) is 3.59. The number of nitrogens with one attached hydrogen (secondary N) is 2. The highest BCUT2D eigenvalue weighted by Gasteiger charge is 2.14. The lowest BCUT2D eigenvalue weighted by Gasteiger charge is -2.14. The van der Waals surface area contributed by atoms with E-state index in [2.05, 4.69) is 42.0 Å². The third-order valence-electron chi connectivity index (χ3n) is 5.22. The van der Waals surface area contributed by atoms with E-state index in [0.29, 0.717) is 17.0 Å². The van der Waals surface area contributed by atoms with Gasteiger partial charge in [-0.3, -0.25) is 14.6 Å². The lowest BCUT2D eigenvalue weighted by atomic mass is 10.1. The molecule has 9 heteroatoms. The molecule has 5 heterocycles. The Morgan fingerprint density at radius 1 is 1.09 bits per heavy atom. The van der Waals surface area contributed by atoms with Crippen molar-refractivity contribution in [2.45, 2.75) is 13.8 Å². The number of nitrogen functional groups attached to an aromatic ring is 1. The molecule has 0 fully saturated rings. The molecule has 0 amide bonds. The van der Waals surface area contributed by atoms with E-state index in [1.807, 2.05) is 42.8 Å². The van der Waals surface area contributed by atoms with Crippen LogP contribution in [-0.4, -0.2) is 34.7 Å². The van der Waals surface area contributed by atoms with Gasteiger partial charge in [0.25, 0.3) is 0 Å². The van der Waals surface area contributed by atoms with Gasteiger partial charge in [-0.1, -0.05) is 6.58 Å². The lowest BCUT2D eigenvalue weighted by molar-refractivity contribution is 0.976. The summed E-state index contributed by atoms with van der Waals surface area (Å²) in [6.07, 6.45) is 10.6. The first-order chi connectivity index (χ1) is 15.5. The fourth-order valence-corrected chi connectivity index (χ4v) is 3.59. The van der Waals surface area contributed by atoms with Gasteiger partial charge in [-0.2, -0.15) is 5.10 Å². The van der Waals surface area contributed by atoms with Gasteiger partial charge >= 0.3 is 0 Å². The zero-order chi connectivity index (χ0) is 22.2. The van der Waals surface area contributed by atoms with Crippen molar-refractivity contribution in [3.8, 4) is 16.9 Å². The Kier molecular flexibility index (Phi) is 4.63. The topological polar surface area (TPSA) is 123 Å². The monoisotopic (exact) mass is 423 g/mol. The van der Waals surface area contributed by atoms with Gasteiger partial charge in [0.05, 0.1) is 22.8 Å². The Bertz CT molecular complexity index is 1460. The summed E-state index contributed by atoms with van der Waals surface area (Å²) in [5.74, 6) is 0.802. The Morgan fingerprint density at radius 3 is 2.72 bits per heavy atom. The standard InChI is InChI=1S/C23H21N9/c1-13-11-32(12-28-13)23-14(2)20(4-5-26-23)29-15(3)21-19-7-17(9-27-22(19)31-30-21)16-6-18(24)10-25-8-16/h4-12H,3,24H2,1-2H3,(H,26,29)(H,27,30,31). The number of nitrogens with zero attached hydrogens (tertiary/aromatic N) is 6. The molecule has 0 radical (unpaired) electrons. The maximum Gasteiger partial charge on any atom is 0.181 e. The summed E-state index contributed by atoms with van der Waals surface area (Å²) in [7, 11) is 0. The number of aromatic amines is 1. The molecule has 0 saturated heterocycles. The van der Waals surface area contributed by atoms with Gasteiger partial charge in [-0.25, -0.2) is 15.0 Å². The average molecular weight is 423 g/mol. The number of hydrogen-bond acceptors (Lipinski definition) is 7. The van der Waals surface area contributed by atoms with Gasteiger partial charge in [-0.15, -0.1) is 0 Å². The number of nitrogens with two attached hydrogens (primary N) is 1. The van der Waals surface area contributed by atoms with Crippen LogP contribution in [0.5, 0.6) is 0 Å². The molecule has 32 heavy (non-hydrogen) atoms. The molecule has 0 aliphatic heterocycles. The zero-order valence-corrected chi connectivity index (χ0v) is 17.7. The normalized spacial score (nSPS) is 11.1. The maximum atomic E-state index is 5.89. The predicted octanol–water partition coefficient (Wildman–Crippen LogP) is 3.88. The summed E-state index contributed by atoms with van der Waals surface area (Å²) >= 11 is 0. The molecule has 5 aromatic heterocycles. The van der Waals surface area contributed by atoms with E-state index < -0.39 is 0 Å². The fraction of sp³-hybridized carbons (Fsp3) is 0.0870. The minimum atomic E-state index is 0.596. The molecular weight excluding hydrogens is 402 g/mol. The molecule has 0 spiro atoms. The molecule has 0 aliphatic rings. The van der Waals surface area contributed by atoms with Crippen molar-refractivity contribution in [1.29, 1.82) is 0 Å². The highest BCUT2D eigenvalue weighted by molar-refractivity contribution is 5.93. The number of H-pyrrole nitrogens is 1. The van der Waals surface area contributed by atoms with Crippen molar-refractivity contribution in [1.82, 2.24) is 34.7 Å². The molecule has 0 unspecified atom stereocenters. The van der Waals surface area contributed by atoms with E-state index in [0.717, 1.165) is 45.0 Å². The third kappa shape index (κ3) is 3.45. The minimum Gasteiger partial charge on any atom is -0.397 e. The van der Waals surface area contributed by atoms with Gasteiger partial charge in [0, 0.05) is 58.7 Å². The van der Waals surface area contributed by atoms with Crippen LogP contribution in [0.25, 0.3) is 33.7 Å². The second-order valence-electron chi connectivity index (χ2n) is 7.53. The Hall–Kier alpha value is -4.53. The van der Waals surface area contributed by atoms with E-state index in [1.54, 1.807) is 31.1 Å². The second-order valence-corrected chi connectivity index (χ2v) is 7.53. The van der Waals surface area contributed by atoms with Crippen molar-refractivity contribution in [2.24, 2.45) is 0 Å². The van der Waals surface area contributed by atoms with Gasteiger partial charge in [-0.05, 0) is 32.0 Å². The van der Waals surface area contributed by atoms with Crippen LogP contribution in [-0.2, 0) is 0 Å². The van der Waals surface area contributed by atoms with Crippen molar-refractivity contribution in [3.63, 3.8) is 0 Å². The predicted molar refractivity (Wildman–Crippen MR) is 125 cm³/mol. The Balaban J connectivity index is 1.49. The van der Waals surface area contributed by atoms with Crippen LogP contribution in [0.4, 0.5) is 11.4 Å². The van der Waals surface area contributed by atoms with Crippen molar-refractivity contribution in [2.75, 3.05) is 11.1 Å². The quantitative estimate of drug-likeness (QED) is 0.392. The molecule has 158 valence electrons. The molecule has 0 aromatic carbocycles. The first-order valence-electron chi connectivity index (χ1n) is 9.97. The summed E-state index contributed by atoms with van der Waals surface area (Å²) < 4.78 is 1.90. The highest BCUT2D eigenvalue weighted by atomic mass is 15.2. The number of pyridine rings is 3. The van der Waals surface area contributed by atoms with Crippen LogP contribution in [0.2, 0.25) is 0 Å². The first kappa shape index (κ1) is 19.4. The summed E-state index contributed by atoms with van der Waals surface area (Å²) in [5, 5.41) is 11.6. The number of anilines is 2. The SMILES string of the molecule is C=C(Nc1ccnc(-n2cnc(C)c2)c1C)c1[nH]nc2ncc(-c3cncc(N)c3)cc12. The lowest BCUT2D eigenvalue weighted by Crippen LogP contribution is -2.04. The Labute approximate surface area is 184 Å². The van der Waals surface area contributed by atoms with Crippen LogP contribution in [0.1, 0.15) is 17.0 Å². The summed E-state index contributed by atoms with van der Waals surface area (Å²) in [6.45, 7) is 8.18. The third-order valence-corrected chi connectivity index (χ3v) is 5.22. The smallest absolute Gasteiger partial charge is 0.181 e. The second kappa shape index (κ2) is 7.62. The van der Waals surface area contributed by atoms with E-state index in [-0.39, 0.29) is 0 Å². The molecule has 0 bridgehead atoms. The van der Waals surface area contributed by atoms with Gasteiger partial charge in [0.1, 0.15) is 12.1 Å². The molecule has 0 atom stereocenters. The summed E-state index contributed by atoms with van der Waals surface area (Å²) in [5.41, 5.74) is 13.1. The Morgan fingerprint density at radius 2 is 1.94 bits per heavy atom. The largest absolute Gasteiger partial charge is 0.397 e. The van der Waals surface area contributed by atoms with E-state index >= 15 is 0 Å². The number of aryl methyl sites for hydroxylation is 1. The van der Waals surface area contributed by atoms with Gasteiger partial charge in [0.15, 0.2) is 5.65 Å². The summed E-state index contributed by atoms with van der Waals surface area (Å²) in [6, 6.07) is 5.78. The maximum absolute atomic E-state index is 5.89. The number of fused-ring (bicyclic) bond motifs is 1. The average Bonchev–Trinajstić information content (AvgIpc) is 3.41. The molecule has 4 N–H and O–H groups in total. The molecule has 9 nitrogen and oxygen atoms in total. The van der Waals surface area contributed by atoms with E-state index in [1.165, 1.54) is 0 Å². The molecule has 5 rings (SSSR count). The molecule has 0 saturated carbocycles. The highest BCUT2D eigenvalue weighted by Crippen LogP contribution is 2.29. The summed E-state index contributed by atoms with van der Waals surface area (Å²) in [4.78, 5) is 17.4. The number of imidazole rings is 1. The molecule has 0 aliphatic carbocycles. The van der Waals surface area contributed by atoms with Crippen LogP contribution in [0.3, 0.4) is 0 Å². The van der Waals surface area contributed by atoms with Crippen LogP contribution >= 0.6 is 0 Å². The van der Waals surface area contributed by atoms with Crippen LogP contribution in [0.15, 0.2) is 62.1 Å². The van der Waals surface area contributed by atoms with E-state index in [9.17, 15) is 0 Å². The van der Waals surface area contributed by atoms with Crippen molar-refractivity contribution >= 4 is 28.1 Å². The van der Waals surface area contributed by atoms with Crippen molar-refractivity contribution < 1.29 is 0 Å². The van der Waals surface area contributed by atoms with Gasteiger partial charge < -0.3 is 11.1 Å². The molecule has 5 aromatic rings. The van der Waals surface area contributed by atoms with E-state index in [4.69, 9.17) is 5.73 Å². The minimum absolute atomic E-state index is 0.596. The number of rotatable bonds is 5. The van der Waals surface area contributed by atoms with Crippen LogP contribution < -0.4 is 11.1 Å². The molecular formula is C23H21N9. The number of aromatic nitrogens is 7. The number of hydrogen-bond donors (Lipinski definition) is 3. The van der Waals surface area contributed by atoms with Gasteiger partial charge in [0.2, 0.25) is 0 Å². The zero-order valence-electron chi connectivity index (χ0n) is 17.7. The first-order valence-corrected chi connectivity index (χ1v) is 9.97. The van der Waals surface area contributed by atoms with Crippen molar-refractivity contribution in [3.05, 3.63) is 79.0 Å². The van der Waals surface area contributed by atoms with Crippen LogP contribution in [0, 0.1) is 13.8 Å².